The van der Waals surface area contributed by atoms with Gasteiger partial charge in [-0.2, -0.15) is 4.98 Å². The maximum absolute atomic E-state index is 12.8. The summed E-state index contributed by atoms with van der Waals surface area (Å²) in [7, 11) is 1.63. The minimum atomic E-state index is -0.252. The van der Waals surface area contributed by atoms with Crippen LogP contribution in [0.15, 0.2) is 0 Å². The summed E-state index contributed by atoms with van der Waals surface area (Å²) >= 11 is 0. The summed E-state index contributed by atoms with van der Waals surface area (Å²) in [6.07, 6.45) is 3.02. The van der Waals surface area contributed by atoms with Gasteiger partial charge in [0.1, 0.15) is 5.82 Å². The Morgan fingerprint density at radius 3 is 2.77 bits per heavy atom. The number of methoxy groups -OCH3 is 1. The van der Waals surface area contributed by atoms with Gasteiger partial charge in [-0.3, -0.25) is 4.79 Å². The van der Waals surface area contributed by atoms with Gasteiger partial charge >= 0.3 is 0 Å². The number of hydrogen-bond donors (Lipinski definition) is 1. The van der Waals surface area contributed by atoms with Crippen LogP contribution in [0.5, 0.6) is 5.88 Å². The molecule has 0 bridgehead atoms. The summed E-state index contributed by atoms with van der Waals surface area (Å²) in [5.41, 5.74) is 1.35. The molecule has 26 heavy (non-hydrogen) atoms. The normalized spacial score (nSPS) is 22.1. The van der Waals surface area contributed by atoms with Crippen molar-refractivity contribution in [3.05, 3.63) is 17.1 Å². The average molecular weight is 363 g/mol. The molecule has 2 atom stereocenters. The van der Waals surface area contributed by atoms with Crippen LogP contribution in [-0.4, -0.2) is 48.3 Å². The van der Waals surface area contributed by atoms with Gasteiger partial charge < -0.3 is 19.5 Å². The van der Waals surface area contributed by atoms with Crippen LogP contribution in [0.3, 0.4) is 0 Å². The van der Waals surface area contributed by atoms with Crippen molar-refractivity contribution < 1.29 is 19.0 Å². The Hall–Kier alpha value is -1.73. The highest BCUT2D eigenvalue weighted by atomic mass is 16.5. The van der Waals surface area contributed by atoms with E-state index in [1.165, 1.54) is 0 Å². The van der Waals surface area contributed by atoms with Crippen molar-refractivity contribution in [3.63, 3.8) is 0 Å². The number of aromatic nitrogens is 2. The van der Waals surface area contributed by atoms with Gasteiger partial charge in [0, 0.05) is 25.2 Å². The van der Waals surface area contributed by atoms with E-state index in [-0.39, 0.29) is 24.0 Å². The highest BCUT2D eigenvalue weighted by molar-refractivity contribution is 5.80. The summed E-state index contributed by atoms with van der Waals surface area (Å²) in [4.78, 5) is 21.7. The van der Waals surface area contributed by atoms with Crippen molar-refractivity contribution in [2.75, 3.05) is 26.9 Å². The predicted octanol–water partition coefficient (Wildman–Crippen LogP) is 2.12. The maximum Gasteiger partial charge on any atom is 0.226 e. The lowest BCUT2D eigenvalue weighted by Gasteiger charge is -2.24. The molecule has 2 aliphatic rings. The molecule has 0 spiro atoms. The number of rotatable bonds is 8. The molecule has 1 aliphatic carbocycles. The van der Waals surface area contributed by atoms with E-state index < -0.39 is 0 Å². The molecule has 7 heteroatoms. The molecule has 1 saturated heterocycles. The van der Waals surface area contributed by atoms with Gasteiger partial charge in [-0.1, -0.05) is 0 Å². The van der Waals surface area contributed by atoms with Crippen LogP contribution < -0.4 is 10.1 Å². The number of carbonyl (C=O) groups is 1. The van der Waals surface area contributed by atoms with Crippen LogP contribution in [0, 0.1) is 12.8 Å². The fourth-order valence-corrected chi connectivity index (χ4v) is 3.73. The highest BCUT2D eigenvalue weighted by Gasteiger charge is 2.51. The first-order chi connectivity index (χ1) is 12.5. The van der Waals surface area contributed by atoms with Crippen LogP contribution in [0.2, 0.25) is 0 Å². The third kappa shape index (κ3) is 3.99. The molecule has 7 nitrogen and oxygen atoms in total. The van der Waals surface area contributed by atoms with Crippen LogP contribution in [0.25, 0.3) is 0 Å². The molecule has 2 fully saturated rings. The zero-order chi connectivity index (χ0) is 18.7. The van der Waals surface area contributed by atoms with Gasteiger partial charge in [0.2, 0.25) is 11.8 Å². The van der Waals surface area contributed by atoms with Crippen LogP contribution in [-0.2, 0) is 20.7 Å². The van der Waals surface area contributed by atoms with Crippen molar-refractivity contribution >= 4 is 5.91 Å². The summed E-state index contributed by atoms with van der Waals surface area (Å²) < 4.78 is 16.7. The van der Waals surface area contributed by atoms with Crippen molar-refractivity contribution in [2.24, 2.45) is 5.92 Å². The van der Waals surface area contributed by atoms with Gasteiger partial charge in [0.15, 0.2) is 0 Å². The number of nitrogens with zero attached hydrogens (tertiary/aromatic N) is 2. The Morgan fingerprint density at radius 2 is 2.19 bits per heavy atom. The first kappa shape index (κ1) is 19.0. The standard InChI is InChI=1S/C19H29N3O4/c1-5-26-18-17(12(2)24-4)15(20-13(3)21-18)10-16(23)22-19(7-8-19)14-6-9-25-11-14/h12,14H,5-11H2,1-4H3,(H,22,23). The molecule has 2 heterocycles. The molecule has 2 unspecified atom stereocenters. The Bertz CT molecular complexity index is 654. The average Bonchev–Trinajstić information content (AvgIpc) is 3.15. The van der Waals surface area contributed by atoms with E-state index in [0.717, 1.165) is 38.0 Å². The van der Waals surface area contributed by atoms with Crippen LogP contribution in [0.4, 0.5) is 0 Å². The van der Waals surface area contributed by atoms with Gasteiger partial charge in [0.25, 0.3) is 0 Å². The monoisotopic (exact) mass is 363 g/mol. The molecule has 1 N–H and O–H groups in total. The minimum absolute atomic E-state index is 0.0144. The van der Waals surface area contributed by atoms with Gasteiger partial charge in [-0.25, -0.2) is 4.98 Å². The van der Waals surface area contributed by atoms with Gasteiger partial charge in [-0.05, 0) is 40.0 Å². The molecule has 3 rings (SSSR count). The second-order valence-electron chi connectivity index (χ2n) is 7.19. The number of hydrogen-bond acceptors (Lipinski definition) is 6. The van der Waals surface area contributed by atoms with E-state index in [0.29, 0.717) is 29.9 Å². The molecule has 0 aromatic carbocycles. The minimum Gasteiger partial charge on any atom is -0.478 e. The number of aryl methyl sites for hydroxylation is 1. The molecule has 1 aromatic rings. The summed E-state index contributed by atoms with van der Waals surface area (Å²) in [5.74, 6) is 1.51. The van der Waals surface area contributed by atoms with E-state index in [2.05, 4.69) is 15.3 Å². The Balaban J connectivity index is 1.78. The number of amides is 1. The third-order valence-corrected chi connectivity index (χ3v) is 5.36. The van der Waals surface area contributed by atoms with E-state index >= 15 is 0 Å². The molecular weight excluding hydrogens is 334 g/mol. The largest absolute Gasteiger partial charge is 0.478 e. The molecule has 1 saturated carbocycles. The molecule has 1 aliphatic heterocycles. The highest BCUT2D eigenvalue weighted by Crippen LogP contribution is 2.45. The lowest BCUT2D eigenvalue weighted by molar-refractivity contribution is -0.121. The summed E-state index contributed by atoms with van der Waals surface area (Å²) in [6, 6.07) is 0. The number of carbonyl (C=O) groups excluding carboxylic acids is 1. The van der Waals surface area contributed by atoms with Crippen molar-refractivity contribution in [3.8, 4) is 5.88 Å². The van der Waals surface area contributed by atoms with Crippen LogP contribution in [0.1, 0.15) is 56.3 Å². The SMILES string of the molecule is CCOc1nc(C)nc(CC(=O)NC2(C3CCOC3)CC2)c1C(C)OC. The fraction of sp³-hybridized carbons (Fsp3) is 0.737. The van der Waals surface area contributed by atoms with Crippen LogP contribution >= 0.6 is 0 Å². The fourth-order valence-electron chi connectivity index (χ4n) is 3.73. The topological polar surface area (TPSA) is 82.6 Å². The number of ether oxygens (including phenoxy) is 3. The predicted molar refractivity (Wildman–Crippen MR) is 96.1 cm³/mol. The first-order valence-electron chi connectivity index (χ1n) is 9.41. The third-order valence-electron chi connectivity index (χ3n) is 5.36. The summed E-state index contributed by atoms with van der Waals surface area (Å²) in [6.45, 7) is 7.66. The Labute approximate surface area is 154 Å². The van der Waals surface area contributed by atoms with Crippen molar-refractivity contribution in [1.82, 2.24) is 15.3 Å². The molecule has 0 radical (unpaired) electrons. The van der Waals surface area contributed by atoms with E-state index in [4.69, 9.17) is 14.2 Å². The van der Waals surface area contributed by atoms with E-state index in [1.807, 2.05) is 20.8 Å². The van der Waals surface area contributed by atoms with Gasteiger partial charge in [-0.15, -0.1) is 0 Å². The summed E-state index contributed by atoms with van der Waals surface area (Å²) in [5, 5.41) is 3.25. The molecule has 144 valence electrons. The number of nitrogens with one attached hydrogen (secondary N) is 1. The van der Waals surface area contributed by atoms with Gasteiger partial charge in [0.05, 0.1) is 37.0 Å². The van der Waals surface area contributed by atoms with Crippen molar-refractivity contribution in [2.45, 2.75) is 58.1 Å². The molecular formula is C19H29N3O4. The molecule has 1 aromatic heterocycles. The second-order valence-corrected chi connectivity index (χ2v) is 7.19. The zero-order valence-corrected chi connectivity index (χ0v) is 16.1. The zero-order valence-electron chi connectivity index (χ0n) is 16.1. The smallest absolute Gasteiger partial charge is 0.226 e. The lowest BCUT2D eigenvalue weighted by atomic mass is 9.96. The first-order valence-corrected chi connectivity index (χ1v) is 9.41. The lowest BCUT2D eigenvalue weighted by Crippen LogP contribution is -2.43. The van der Waals surface area contributed by atoms with E-state index in [1.54, 1.807) is 7.11 Å². The Kier molecular flexibility index (Phi) is 5.77. The maximum atomic E-state index is 12.8. The molecule has 1 amide bonds. The second kappa shape index (κ2) is 7.88. The van der Waals surface area contributed by atoms with E-state index in [9.17, 15) is 4.79 Å². The Morgan fingerprint density at radius 1 is 1.42 bits per heavy atom. The van der Waals surface area contributed by atoms with Crippen molar-refractivity contribution in [1.29, 1.82) is 0 Å². The quantitative estimate of drug-likeness (QED) is 0.762.